The molecule has 0 atom stereocenters. The summed E-state index contributed by atoms with van der Waals surface area (Å²) in [6, 6.07) is 6.24. The maximum Gasteiger partial charge on any atom is 0.242 e. The third kappa shape index (κ3) is 4.63. The summed E-state index contributed by atoms with van der Waals surface area (Å²) >= 11 is 0. The van der Waals surface area contributed by atoms with Gasteiger partial charge in [-0.25, -0.2) is 4.39 Å². The summed E-state index contributed by atoms with van der Waals surface area (Å²) in [4.78, 5) is 13.6. The highest BCUT2D eigenvalue weighted by molar-refractivity contribution is 5.85. The zero-order valence-corrected chi connectivity index (χ0v) is 11.8. The fourth-order valence-electron chi connectivity index (χ4n) is 1.59. The lowest BCUT2D eigenvalue weighted by Gasteiger charge is -2.28. The molecule has 1 amide bonds. The highest BCUT2D eigenvalue weighted by Crippen LogP contribution is 2.11. The third-order valence-corrected chi connectivity index (χ3v) is 2.48. The number of hydrogen-bond acceptors (Lipinski definition) is 2. The Labute approximate surface area is 114 Å². The molecule has 0 aliphatic rings. The van der Waals surface area contributed by atoms with E-state index in [1.165, 1.54) is 12.1 Å². The molecule has 3 nitrogen and oxygen atoms in total. The summed E-state index contributed by atoms with van der Waals surface area (Å²) < 4.78 is 13.0. The first-order chi connectivity index (χ1) is 7.84. The van der Waals surface area contributed by atoms with Crippen LogP contribution >= 0.6 is 12.4 Å². The van der Waals surface area contributed by atoms with Crippen LogP contribution in [-0.4, -0.2) is 22.9 Å². The molecule has 102 valence electrons. The van der Waals surface area contributed by atoms with Gasteiger partial charge in [-0.2, -0.15) is 0 Å². The molecule has 0 fully saturated rings. The van der Waals surface area contributed by atoms with Crippen molar-refractivity contribution in [3.05, 3.63) is 35.6 Å². The largest absolute Gasteiger partial charge is 0.337 e. The number of nitrogens with zero attached hydrogens (tertiary/aromatic N) is 1. The van der Waals surface area contributed by atoms with Gasteiger partial charge in [-0.05, 0) is 38.5 Å². The van der Waals surface area contributed by atoms with Crippen LogP contribution in [0, 0.1) is 5.82 Å². The molecule has 0 saturated carbocycles. The van der Waals surface area contributed by atoms with Gasteiger partial charge in [0, 0.05) is 13.1 Å². The molecule has 0 radical (unpaired) electrons. The molecule has 0 aliphatic carbocycles. The van der Waals surface area contributed by atoms with E-state index >= 15 is 0 Å². The van der Waals surface area contributed by atoms with E-state index in [1.807, 2.05) is 6.92 Å². The Morgan fingerprint density at radius 3 is 2.50 bits per heavy atom. The van der Waals surface area contributed by atoms with Crippen LogP contribution in [0.5, 0.6) is 0 Å². The number of nitrogens with two attached hydrogens (primary N) is 1. The van der Waals surface area contributed by atoms with Gasteiger partial charge in [-0.1, -0.05) is 12.1 Å². The summed E-state index contributed by atoms with van der Waals surface area (Å²) in [6.07, 6.45) is 0. The van der Waals surface area contributed by atoms with E-state index in [1.54, 1.807) is 30.9 Å². The van der Waals surface area contributed by atoms with Crippen LogP contribution in [0.4, 0.5) is 4.39 Å². The number of hydrogen-bond donors (Lipinski definition) is 1. The van der Waals surface area contributed by atoms with E-state index in [-0.39, 0.29) is 24.1 Å². The smallest absolute Gasteiger partial charge is 0.242 e. The van der Waals surface area contributed by atoms with Gasteiger partial charge in [0.05, 0.1) is 5.54 Å². The first kappa shape index (κ1) is 16.9. The number of halogens is 2. The van der Waals surface area contributed by atoms with Crippen LogP contribution in [0.3, 0.4) is 0 Å². The van der Waals surface area contributed by atoms with Crippen molar-refractivity contribution in [3.63, 3.8) is 0 Å². The number of carbonyl (C=O) groups is 1. The Bertz CT molecular complexity index is 404. The zero-order valence-electron chi connectivity index (χ0n) is 10.9. The molecule has 0 aromatic heterocycles. The van der Waals surface area contributed by atoms with Crippen LogP contribution in [-0.2, 0) is 11.3 Å². The second-order valence-electron chi connectivity index (χ2n) is 4.67. The normalized spacial score (nSPS) is 10.7. The standard InChI is InChI=1S/C13H19FN2O.ClH/c1-4-16(12(17)13(2,3)15)9-10-6-5-7-11(14)8-10;/h5-8H,4,9,15H2,1-3H3;1H. The lowest BCUT2D eigenvalue weighted by molar-refractivity contribution is -0.136. The number of likely N-dealkylation sites (N-methyl/N-ethyl adjacent to an activating group) is 1. The molecule has 0 spiro atoms. The van der Waals surface area contributed by atoms with Crippen LogP contribution < -0.4 is 5.73 Å². The van der Waals surface area contributed by atoms with Gasteiger partial charge in [0.1, 0.15) is 5.82 Å². The quantitative estimate of drug-likeness (QED) is 0.916. The molecule has 0 bridgehead atoms. The monoisotopic (exact) mass is 274 g/mol. The lowest BCUT2D eigenvalue weighted by Crippen LogP contribution is -2.50. The maximum absolute atomic E-state index is 13.0. The first-order valence-electron chi connectivity index (χ1n) is 5.67. The third-order valence-electron chi connectivity index (χ3n) is 2.48. The number of rotatable bonds is 4. The van der Waals surface area contributed by atoms with Crippen LogP contribution in [0.1, 0.15) is 26.3 Å². The SMILES string of the molecule is CCN(Cc1cccc(F)c1)C(=O)C(C)(C)N.Cl. The minimum atomic E-state index is -0.899. The Kier molecular flexibility index (Phi) is 6.29. The number of amides is 1. The molecule has 0 aliphatic heterocycles. The maximum atomic E-state index is 13.0. The van der Waals surface area contributed by atoms with Gasteiger partial charge in [0.2, 0.25) is 5.91 Å². The van der Waals surface area contributed by atoms with Gasteiger partial charge in [0.25, 0.3) is 0 Å². The predicted molar refractivity (Wildman–Crippen MR) is 73.0 cm³/mol. The number of carbonyl (C=O) groups excluding carboxylic acids is 1. The molecule has 0 heterocycles. The average molecular weight is 275 g/mol. The minimum absolute atomic E-state index is 0. The average Bonchev–Trinajstić information content (AvgIpc) is 2.24. The van der Waals surface area contributed by atoms with Crippen LogP contribution in [0.25, 0.3) is 0 Å². The van der Waals surface area contributed by atoms with Gasteiger partial charge in [-0.15, -0.1) is 12.4 Å². The summed E-state index contributed by atoms with van der Waals surface area (Å²) in [6.45, 7) is 6.15. The van der Waals surface area contributed by atoms with E-state index < -0.39 is 5.54 Å². The van der Waals surface area contributed by atoms with Crippen molar-refractivity contribution >= 4 is 18.3 Å². The van der Waals surface area contributed by atoms with E-state index in [0.29, 0.717) is 13.1 Å². The predicted octanol–water partition coefficient (Wildman–Crippen LogP) is 2.33. The summed E-state index contributed by atoms with van der Waals surface area (Å²) in [7, 11) is 0. The summed E-state index contributed by atoms with van der Waals surface area (Å²) in [5, 5.41) is 0. The van der Waals surface area contributed by atoms with Crippen LogP contribution in [0.15, 0.2) is 24.3 Å². The van der Waals surface area contributed by atoms with Crippen molar-refractivity contribution in [3.8, 4) is 0 Å². The fraction of sp³-hybridized carbons (Fsp3) is 0.462. The Hall–Kier alpha value is -1.13. The summed E-state index contributed by atoms with van der Waals surface area (Å²) in [5.41, 5.74) is 5.64. The van der Waals surface area contributed by atoms with Crippen molar-refractivity contribution in [2.75, 3.05) is 6.54 Å². The highest BCUT2D eigenvalue weighted by Gasteiger charge is 2.26. The van der Waals surface area contributed by atoms with Gasteiger partial charge >= 0.3 is 0 Å². The van der Waals surface area contributed by atoms with Crippen molar-refractivity contribution < 1.29 is 9.18 Å². The van der Waals surface area contributed by atoms with Crippen molar-refractivity contribution in [1.82, 2.24) is 4.90 Å². The van der Waals surface area contributed by atoms with E-state index in [2.05, 4.69) is 0 Å². The molecular weight excluding hydrogens is 255 g/mol. The second kappa shape index (κ2) is 6.71. The van der Waals surface area contributed by atoms with E-state index in [0.717, 1.165) is 5.56 Å². The molecule has 1 aromatic rings. The second-order valence-corrected chi connectivity index (χ2v) is 4.67. The van der Waals surface area contributed by atoms with Crippen LogP contribution in [0.2, 0.25) is 0 Å². The molecule has 0 saturated heterocycles. The molecule has 18 heavy (non-hydrogen) atoms. The lowest BCUT2D eigenvalue weighted by atomic mass is 10.0. The highest BCUT2D eigenvalue weighted by atomic mass is 35.5. The van der Waals surface area contributed by atoms with E-state index in [9.17, 15) is 9.18 Å². The van der Waals surface area contributed by atoms with Gasteiger partial charge < -0.3 is 10.6 Å². The van der Waals surface area contributed by atoms with Crippen molar-refractivity contribution in [1.29, 1.82) is 0 Å². The molecule has 2 N–H and O–H groups in total. The van der Waals surface area contributed by atoms with Gasteiger partial charge in [0.15, 0.2) is 0 Å². The van der Waals surface area contributed by atoms with Crippen molar-refractivity contribution in [2.24, 2.45) is 5.73 Å². The molecule has 0 unspecified atom stereocenters. The Balaban J connectivity index is 0.00000289. The molecule has 5 heteroatoms. The molecule has 1 rings (SSSR count). The topological polar surface area (TPSA) is 46.3 Å². The number of benzene rings is 1. The Morgan fingerprint density at radius 2 is 2.06 bits per heavy atom. The van der Waals surface area contributed by atoms with Crippen molar-refractivity contribution in [2.45, 2.75) is 32.9 Å². The first-order valence-corrected chi connectivity index (χ1v) is 5.67. The molecule has 1 aromatic carbocycles. The van der Waals surface area contributed by atoms with Gasteiger partial charge in [-0.3, -0.25) is 4.79 Å². The summed E-state index contributed by atoms with van der Waals surface area (Å²) in [5.74, 6) is -0.428. The van der Waals surface area contributed by atoms with E-state index in [4.69, 9.17) is 5.73 Å². The molecular formula is C13H20ClFN2O. The zero-order chi connectivity index (χ0) is 13.1. The minimum Gasteiger partial charge on any atom is -0.337 e. The fourth-order valence-corrected chi connectivity index (χ4v) is 1.59. The Morgan fingerprint density at radius 1 is 1.44 bits per heavy atom.